The summed E-state index contributed by atoms with van der Waals surface area (Å²) in [6.07, 6.45) is 11.1. The largest absolute Gasteiger partial charge is 0.338 e. The summed E-state index contributed by atoms with van der Waals surface area (Å²) in [6.45, 7) is 3.57. The third-order valence-corrected chi connectivity index (χ3v) is 5.97. The van der Waals surface area contributed by atoms with Crippen LogP contribution in [-0.4, -0.2) is 40.4 Å². The molecule has 1 aromatic rings. The molecule has 130 valence electrons. The smallest absolute Gasteiger partial charge is 0.222 e. The van der Waals surface area contributed by atoms with Crippen molar-refractivity contribution < 1.29 is 4.79 Å². The van der Waals surface area contributed by atoms with Gasteiger partial charge in [-0.05, 0) is 25.3 Å². The Balaban J connectivity index is 1.35. The molecule has 1 atom stereocenters. The van der Waals surface area contributed by atoms with Crippen LogP contribution in [0.25, 0.3) is 0 Å². The highest BCUT2D eigenvalue weighted by Crippen LogP contribution is 2.29. The molecular formula is C19H28N4O. The van der Waals surface area contributed by atoms with Gasteiger partial charge >= 0.3 is 0 Å². The number of nitrogens with zero attached hydrogens (tertiary/aromatic N) is 3. The van der Waals surface area contributed by atoms with Crippen molar-refractivity contribution >= 4 is 5.91 Å². The van der Waals surface area contributed by atoms with Gasteiger partial charge in [-0.1, -0.05) is 25.7 Å². The van der Waals surface area contributed by atoms with E-state index < -0.39 is 0 Å². The Morgan fingerprint density at radius 3 is 2.96 bits per heavy atom. The first-order chi connectivity index (χ1) is 11.8. The molecule has 3 aliphatic rings. The fraction of sp³-hybridized carbons (Fsp3) is 0.737. The molecule has 3 heterocycles. The van der Waals surface area contributed by atoms with E-state index in [9.17, 15) is 4.79 Å². The summed E-state index contributed by atoms with van der Waals surface area (Å²) in [5, 5.41) is 3.38. The molecule has 4 rings (SSSR count). The maximum atomic E-state index is 12.5. The lowest BCUT2D eigenvalue weighted by molar-refractivity contribution is -0.132. The summed E-state index contributed by atoms with van der Waals surface area (Å²) >= 11 is 0. The van der Waals surface area contributed by atoms with Gasteiger partial charge in [-0.3, -0.25) is 4.79 Å². The lowest BCUT2D eigenvalue weighted by Crippen LogP contribution is -2.36. The number of rotatable bonds is 4. The highest BCUT2D eigenvalue weighted by atomic mass is 16.2. The van der Waals surface area contributed by atoms with E-state index in [-0.39, 0.29) is 0 Å². The van der Waals surface area contributed by atoms with E-state index in [2.05, 4.69) is 10.3 Å². The third-order valence-electron chi connectivity index (χ3n) is 5.97. The van der Waals surface area contributed by atoms with Gasteiger partial charge in [-0.2, -0.15) is 0 Å². The summed E-state index contributed by atoms with van der Waals surface area (Å²) in [5.41, 5.74) is 2.30. The van der Waals surface area contributed by atoms with Gasteiger partial charge in [0.15, 0.2) is 0 Å². The first-order valence-corrected chi connectivity index (χ1v) is 9.63. The predicted molar refractivity (Wildman–Crippen MR) is 92.6 cm³/mol. The lowest BCUT2D eigenvalue weighted by Gasteiger charge is -2.29. The topological polar surface area (TPSA) is 58.1 Å². The van der Waals surface area contributed by atoms with Gasteiger partial charge < -0.3 is 10.2 Å². The Bertz CT molecular complexity index is 591. The molecule has 1 saturated heterocycles. The first-order valence-electron chi connectivity index (χ1n) is 9.63. The lowest BCUT2D eigenvalue weighted by atomic mass is 10.0. The van der Waals surface area contributed by atoms with E-state index in [1.807, 2.05) is 11.1 Å². The number of hydrogen-bond acceptors (Lipinski definition) is 4. The van der Waals surface area contributed by atoms with Crippen molar-refractivity contribution in [3.63, 3.8) is 0 Å². The average Bonchev–Trinajstić information content (AvgIpc) is 3.32. The number of nitrogens with one attached hydrogen (secondary N) is 1. The molecule has 0 aromatic carbocycles. The molecule has 0 radical (unpaired) electrons. The third kappa shape index (κ3) is 3.46. The summed E-state index contributed by atoms with van der Waals surface area (Å²) in [4.78, 5) is 23.9. The Hall–Kier alpha value is -1.49. The van der Waals surface area contributed by atoms with Gasteiger partial charge in [0.2, 0.25) is 5.91 Å². The number of amides is 1. The Morgan fingerprint density at radius 1 is 1.29 bits per heavy atom. The zero-order valence-electron chi connectivity index (χ0n) is 14.5. The van der Waals surface area contributed by atoms with Crippen molar-refractivity contribution in [1.82, 2.24) is 20.2 Å². The molecular weight excluding hydrogens is 300 g/mol. The molecule has 0 spiro atoms. The maximum Gasteiger partial charge on any atom is 0.222 e. The van der Waals surface area contributed by atoms with Crippen molar-refractivity contribution in [3.8, 4) is 0 Å². The number of carbonyl (C=O) groups is 1. The molecule has 1 N–H and O–H groups in total. The zero-order chi connectivity index (χ0) is 16.4. The van der Waals surface area contributed by atoms with Crippen LogP contribution in [0.15, 0.2) is 6.20 Å². The summed E-state index contributed by atoms with van der Waals surface area (Å²) in [7, 11) is 0. The van der Waals surface area contributed by atoms with Gasteiger partial charge in [0.05, 0.1) is 5.69 Å². The van der Waals surface area contributed by atoms with Crippen LogP contribution < -0.4 is 5.32 Å². The van der Waals surface area contributed by atoms with Crippen molar-refractivity contribution in [2.24, 2.45) is 5.92 Å². The van der Waals surface area contributed by atoms with Crippen LogP contribution in [0.4, 0.5) is 0 Å². The molecule has 1 saturated carbocycles. The molecule has 5 nitrogen and oxygen atoms in total. The van der Waals surface area contributed by atoms with Gasteiger partial charge in [-0.15, -0.1) is 0 Å². The highest BCUT2D eigenvalue weighted by molar-refractivity contribution is 5.76. The van der Waals surface area contributed by atoms with Crippen LogP contribution in [0.2, 0.25) is 0 Å². The molecule has 2 aliphatic heterocycles. The second-order valence-electron chi connectivity index (χ2n) is 7.64. The van der Waals surface area contributed by atoms with E-state index in [1.165, 1.54) is 25.7 Å². The van der Waals surface area contributed by atoms with E-state index in [1.54, 1.807) is 0 Å². The number of carbonyl (C=O) groups excluding carboxylic acids is 1. The van der Waals surface area contributed by atoms with E-state index >= 15 is 0 Å². The minimum absolute atomic E-state index is 0.316. The van der Waals surface area contributed by atoms with Crippen molar-refractivity contribution in [2.45, 2.75) is 63.8 Å². The molecule has 1 aliphatic carbocycles. The molecule has 0 unspecified atom stereocenters. The Labute approximate surface area is 144 Å². The average molecular weight is 328 g/mol. The summed E-state index contributed by atoms with van der Waals surface area (Å²) in [5.74, 6) is 2.55. The summed E-state index contributed by atoms with van der Waals surface area (Å²) < 4.78 is 0. The standard InChI is InChI=1S/C19H28N4O/c24-18(6-5-14-3-1-2-4-14)23-10-8-17-16(13-23)12-21-19(22-17)15-7-9-20-11-15/h12,14-15,20H,1-11,13H2/t15-/m1/s1. The minimum Gasteiger partial charge on any atom is -0.338 e. The van der Waals surface area contributed by atoms with Crippen LogP contribution in [0.1, 0.15) is 67.9 Å². The molecule has 0 bridgehead atoms. The van der Waals surface area contributed by atoms with Crippen LogP contribution >= 0.6 is 0 Å². The van der Waals surface area contributed by atoms with Gasteiger partial charge in [-0.25, -0.2) is 9.97 Å². The van der Waals surface area contributed by atoms with E-state index in [0.717, 1.165) is 61.9 Å². The molecule has 5 heteroatoms. The van der Waals surface area contributed by atoms with Gasteiger partial charge in [0.25, 0.3) is 0 Å². The minimum atomic E-state index is 0.316. The fourth-order valence-electron chi connectivity index (χ4n) is 4.40. The van der Waals surface area contributed by atoms with Crippen LogP contribution in [0.5, 0.6) is 0 Å². The van der Waals surface area contributed by atoms with Crippen molar-refractivity contribution in [3.05, 3.63) is 23.3 Å². The summed E-state index contributed by atoms with van der Waals surface area (Å²) in [6, 6.07) is 0. The second kappa shape index (κ2) is 7.18. The van der Waals surface area contributed by atoms with E-state index in [0.29, 0.717) is 24.8 Å². The van der Waals surface area contributed by atoms with Gasteiger partial charge in [0, 0.05) is 50.2 Å². The monoisotopic (exact) mass is 328 g/mol. The molecule has 24 heavy (non-hydrogen) atoms. The Morgan fingerprint density at radius 2 is 2.17 bits per heavy atom. The normalized spacial score (nSPS) is 24.3. The number of aromatic nitrogens is 2. The number of hydrogen-bond donors (Lipinski definition) is 1. The van der Waals surface area contributed by atoms with Crippen LogP contribution in [0, 0.1) is 5.92 Å². The zero-order valence-corrected chi connectivity index (χ0v) is 14.5. The van der Waals surface area contributed by atoms with Gasteiger partial charge in [0.1, 0.15) is 5.82 Å². The maximum absolute atomic E-state index is 12.5. The Kier molecular flexibility index (Phi) is 4.79. The molecule has 1 amide bonds. The predicted octanol–water partition coefficient (Wildman–Crippen LogP) is 2.41. The van der Waals surface area contributed by atoms with E-state index in [4.69, 9.17) is 4.98 Å². The second-order valence-corrected chi connectivity index (χ2v) is 7.64. The number of fused-ring (bicyclic) bond motifs is 1. The first kappa shape index (κ1) is 16.0. The van der Waals surface area contributed by atoms with Crippen LogP contribution in [0.3, 0.4) is 0 Å². The highest BCUT2D eigenvalue weighted by Gasteiger charge is 2.25. The SMILES string of the molecule is O=C(CCC1CCCC1)N1CCc2nc([C@@H]3CCNC3)ncc2C1. The molecule has 1 aromatic heterocycles. The van der Waals surface area contributed by atoms with Crippen molar-refractivity contribution in [1.29, 1.82) is 0 Å². The van der Waals surface area contributed by atoms with Crippen molar-refractivity contribution in [2.75, 3.05) is 19.6 Å². The molecule has 2 fully saturated rings. The van der Waals surface area contributed by atoms with Crippen LogP contribution in [-0.2, 0) is 17.8 Å². The quantitative estimate of drug-likeness (QED) is 0.922. The fourth-order valence-corrected chi connectivity index (χ4v) is 4.40.